The second-order valence-electron chi connectivity index (χ2n) is 4.14. The molecule has 0 saturated carbocycles. The molecule has 0 saturated heterocycles. The van der Waals surface area contributed by atoms with Crippen molar-refractivity contribution in [3.8, 4) is 11.5 Å². The lowest BCUT2D eigenvalue weighted by molar-refractivity contribution is -0.145. The summed E-state index contributed by atoms with van der Waals surface area (Å²) in [6, 6.07) is 3.21. The molecule has 0 amide bonds. The van der Waals surface area contributed by atoms with Gasteiger partial charge in [0.1, 0.15) is 6.04 Å². The lowest BCUT2D eigenvalue weighted by atomic mass is 9.94. The molecule has 0 fully saturated rings. The van der Waals surface area contributed by atoms with Crippen LogP contribution in [0.15, 0.2) is 12.1 Å². The van der Waals surface area contributed by atoms with Crippen LogP contribution in [0.4, 0.5) is 0 Å². The second kappa shape index (κ2) is 5.27. The van der Waals surface area contributed by atoms with Gasteiger partial charge < -0.3 is 19.9 Å². The molecule has 98 valence electrons. The van der Waals surface area contributed by atoms with E-state index in [-0.39, 0.29) is 11.7 Å². The predicted molar refractivity (Wildman–Crippen MR) is 65.6 cm³/mol. The zero-order chi connectivity index (χ0) is 13.1. The molecule has 0 radical (unpaired) electrons. The van der Waals surface area contributed by atoms with Crippen molar-refractivity contribution in [1.29, 1.82) is 0 Å². The normalized spacial score (nSPS) is 18.0. The molecular weight excluding hydrogens is 234 g/mol. The van der Waals surface area contributed by atoms with Gasteiger partial charge in [-0.3, -0.25) is 4.79 Å². The van der Waals surface area contributed by atoms with E-state index in [2.05, 4.69) is 5.32 Å². The number of ether oxygens (including phenoxy) is 2. The Morgan fingerprint density at radius 1 is 1.56 bits per heavy atom. The molecule has 0 aromatic heterocycles. The highest BCUT2D eigenvalue weighted by atomic mass is 16.5. The number of phenols is 1. The van der Waals surface area contributed by atoms with E-state index in [0.717, 1.165) is 11.1 Å². The smallest absolute Gasteiger partial charge is 0.323 e. The van der Waals surface area contributed by atoms with Crippen LogP contribution in [0.25, 0.3) is 0 Å². The number of carbonyl (C=O) groups is 1. The second-order valence-corrected chi connectivity index (χ2v) is 4.14. The van der Waals surface area contributed by atoms with Gasteiger partial charge in [-0.15, -0.1) is 0 Å². The van der Waals surface area contributed by atoms with Gasteiger partial charge in [0, 0.05) is 18.5 Å². The number of rotatable bonds is 3. The van der Waals surface area contributed by atoms with Gasteiger partial charge >= 0.3 is 5.97 Å². The lowest BCUT2D eigenvalue weighted by Gasteiger charge is -2.25. The van der Waals surface area contributed by atoms with Crippen molar-refractivity contribution in [2.24, 2.45) is 0 Å². The first kappa shape index (κ1) is 12.7. The Balaban J connectivity index is 2.24. The molecule has 0 unspecified atom stereocenters. The van der Waals surface area contributed by atoms with Crippen LogP contribution in [0.5, 0.6) is 11.5 Å². The van der Waals surface area contributed by atoms with Gasteiger partial charge in [-0.25, -0.2) is 0 Å². The van der Waals surface area contributed by atoms with Gasteiger partial charge in [0.05, 0.1) is 13.7 Å². The van der Waals surface area contributed by atoms with E-state index in [1.807, 2.05) is 6.07 Å². The molecule has 0 spiro atoms. The van der Waals surface area contributed by atoms with Gasteiger partial charge in [-0.2, -0.15) is 0 Å². The molecule has 5 heteroatoms. The summed E-state index contributed by atoms with van der Waals surface area (Å²) in [7, 11) is 1.51. The van der Waals surface area contributed by atoms with Crippen molar-refractivity contribution >= 4 is 5.97 Å². The SMILES string of the molecule is CCOC(=O)[C@@H]1Cc2c(ccc(OC)c2O)CN1. The molecule has 0 bridgehead atoms. The Labute approximate surface area is 106 Å². The Hall–Kier alpha value is -1.75. The maximum atomic E-state index is 11.7. The number of hydrogen-bond donors (Lipinski definition) is 2. The van der Waals surface area contributed by atoms with E-state index < -0.39 is 6.04 Å². The maximum absolute atomic E-state index is 11.7. The summed E-state index contributed by atoms with van der Waals surface area (Å²) in [6.07, 6.45) is 0.414. The molecule has 5 nitrogen and oxygen atoms in total. The van der Waals surface area contributed by atoms with E-state index in [1.165, 1.54) is 7.11 Å². The molecule has 2 rings (SSSR count). The summed E-state index contributed by atoms with van der Waals surface area (Å²) in [5, 5.41) is 13.2. The minimum absolute atomic E-state index is 0.116. The van der Waals surface area contributed by atoms with Crippen LogP contribution in [-0.4, -0.2) is 30.8 Å². The third-order valence-electron chi connectivity index (χ3n) is 3.08. The fourth-order valence-corrected chi connectivity index (χ4v) is 2.13. The van der Waals surface area contributed by atoms with Crippen molar-refractivity contribution in [3.05, 3.63) is 23.3 Å². The fraction of sp³-hybridized carbons (Fsp3) is 0.462. The summed E-state index contributed by atoms with van der Waals surface area (Å²) in [6.45, 7) is 2.67. The lowest BCUT2D eigenvalue weighted by Crippen LogP contribution is -2.42. The highest BCUT2D eigenvalue weighted by molar-refractivity contribution is 5.77. The van der Waals surface area contributed by atoms with E-state index in [9.17, 15) is 9.90 Å². The van der Waals surface area contributed by atoms with Gasteiger partial charge in [-0.05, 0) is 18.6 Å². The van der Waals surface area contributed by atoms with Crippen LogP contribution in [0, 0.1) is 0 Å². The first-order chi connectivity index (χ1) is 8.67. The van der Waals surface area contributed by atoms with E-state index in [1.54, 1.807) is 13.0 Å². The summed E-state index contributed by atoms with van der Waals surface area (Å²) < 4.78 is 10.0. The van der Waals surface area contributed by atoms with Gasteiger partial charge in [0.25, 0.3) is 0 Å². The van der Waals surface area contributed by atoms with Gasteiger partial charge in [0.15, 0.2) is 11.5 Å². The first-order valence-electron chi connectivity index (χ1n) is 5.95. The molecular formula is C13H17NO4. The number of carbonyl (C=O) groups excluding carboxylic acids is 1. The molecule has 1 atom stereocenters. The Morgan fingerprint density at radius 3 is 3.00 bits per heavy atom. The summed E-state index contributed by atoms with van der Waals surface area (Å²) >= 11 is 0. The van der Waals surface area contributed by atoms with Crippen molar-refractivity contribution in [2.75, 3.05) is 13.7 Å². The number of hydrogen-bond acceptors (Lipinski definition) is 5. The largest absolute Gasteiger partial charge is 0.504 e. The van der Waals surface area contributed by atoms with Gasteiger partial charge in [-0.1, -0.05) is 6.07 Å². The number of methoxy groups -OCH3 is 1. The Bertz CT molecular complexity index is 459. The van der Waals surface area contributed by atoms with E-state index in [4.69, 9.17) is 9.47 Å². The van der Waals surface area contributed by atoms with Crippen molar-refractivity contribution in [3.63, 3.8) is 0 Å². The number of fused-ring (bicyclic) bond motifs is 1. The first-order valence-corrected chi connectivity index (χ1v) is 5.95. The quantitative estimate of drug-likeness (QED) is 0.784. The summed E-state index contributed by atoms with van der Waals surface area (Å²) in [4.78, 5) is 11.7. The molecule has 1 aromatic carbocycles. The summed E-state index contributed by atoms with van der Waals surface area (Å²) in [5.74, 6) is 0.259. The molecule has 18 heavy (non-hydrogen) atoms. The van der Waals surface area contributed by atoms with Crippen LogP contribution < -0.4 is 10.1 Å². The van der Waals surface area contributed by atoms with Crippen LogP contribution >= 0.6 is 0 Å². The number of benzene rings is 1. The minimum atomic E-state index is -0.407. The van der Waals surface area contributed by atoms with Crippen molar-refractivity contribution in [2.45, 2.75) is 25.9 Å². The average Bonchev–Trinajstić information content (AvgIpc) is 2.39. The van der Waals surface area contributed by atoms with Gasteiger partial charge in [0.2, 0.25) is 0 Å². The zero-order valence-corrected chi connectivity index (χ0v) is 10.5. The number of nitrogens with one attached hydrogen (secondary N) is 1. The average molecular weight is 251 g/mol. The van der Waals surface area contributed by atoms with Crippen molar-refractivity contribution < 1.29 is 19.4 Å². The van der Waals surface area contributed by atoms with E-state index in [0.29, 0.717) is 25.3 Å². The molecule has 0 aliphatic carbocycles. The van der Waals surface area contributed by atoms with E-state index >= 15 is 0 Å². The zero-order valence-electron chi connectivity index (χ0n) is 10.5. The maximum Gasteiger partial charge on any atom is 0.323 e. The van der Waals surface area contributed by atoms with Crippen LogP contribution in [0.2, 0.25) is 0 Å². The van der Waals surface area contributed by atoms with Crippen LogP contribution in [-0.2, 0) is 22.5 Å². The topological polar surface area (TPSA) is 67.8 Å². The fourth-order valence-electron chi connectivity index (χ4n) is 2.13. The molecule has 1 aliphatic heterocycles. The molecule has 1 heterocycles. The minimum Gasteiger partial charge on any atom is -0.504 e. The predicted octanol–water partition coefficient (Wildman–Crippen LogP) is 0.978. The number of aromatic hydroxyl groups is 1. The van der Waals surface area contributed by atoms with Crippen LogP contribution in [0.3, 0.4) is 0 Å². The van der Waals surface area contributed by atoms with Crippen LogP contribution in [0.1, 0.15) is 18.1 Å². The highest BCUT2D eigenvalue weighted by Crippen LogP contribution is 2.34. The molecule has 2 N–H and O–H groups in total. The monoisotopic (exact) mass is 251 g/mol. The number of phenolic OH excluding ortho intramolecular Hbond substituents is 1. The third-order valence-corrected chi connectivity index (χ3v) is 3.08. The Kier molecular flexibility index (Phi) is 3.72. The Morgan fingerprint density at radius 2 is 2.33 bits per heavy atom. The standard InChI is InChI=1S/C13H17NO4/c1-3-18-13(16)10-6-9-8(7-14-10)4-5-11(17-2)12(9)15/h4-5,10,14-15H,3,6-7H2,1-2H3/t10-/m0/s1. The molecule has 1 aromatic rings. The number of esters is 1. The highest BCUT2D eigenvalue weighted by Gasteiger charge is 2.28. The van der Waals surface area contributed by atoms with Crippen molar-refractivity contribution in [1.82, 2.24) is 5.32 Å². The molecule has 1 aliphatic rings. The summed E-state index contributed by atoms with van der Waals surface area (Å²) in [5.41, 5.74) is 1.74. The third kappa shape index (κ3) is 2.26.